The maximum Gasteiger partial charge on any atom is 0.317 e. The van der Waals surface area contributed by atoms with Gasteiger partial charge in [-0.1, -0.05) is 28.9 Å². The van der Waals surface area contributed by atoms with Gasteiger partial charge in [0.05, 0.1) is 13.2 Å². The Balaban J connectivity index is 1.26. The normalized spacial score (nSPS) is 20.2. The van der Waals surface area contributed by atoms with E-state index in [0.717, 1.165) is 24.2 Å². The molecule has 26 heavy (non-hydrogen) atoms. The van der Waals surface area contributed by atoms with E-state index >= 15 is 0 Å². The number of aromatic nitrogens is 2. The summed E-state index contributed by atoms with van der Waals surface area (Å²) in [5, 5.41) is 7.58. The Bertz CT molecular complexity index is 760. The molecule has 2 heterocycles. The molecule has 1 unspecified atom stereocenters. The largest absolute Gasteiger partial charge is 0.370 e. The lowest BCUT2D eigenvalue weighted by Gasteiger charge is -2.33. The van der Waals surface area contributed by atoms with Gasteiger partial charge in [0.2, 0.25) is 5.89 Å². The number of carbonyl (C=O) groups is 1. The number of halogens is 1. The van der Waals surface area contributed by atoms with Crippen molar-refractivity contribution in [2.75, 3.05) is 26.2 Å². The van der Waals surface area contributed by atoms with Crippen molar-refractivity contribution in [3.8, 4) is 0 Å². The molecule has 1 saturated carbocycles. The van der Waals surface area contributed by atoms with E-state index < -0.39 is 0 Å². The fraction of sp³-hybridized carbons (Fsp3) is 0.500. The van der Waals surface area contributed by atoms with Gasteiger partial charge in [-0.05, 0) is 30.5 Å². The van der Waals surface area contributed by atoms with Crippen LogP contribution in [0, 0.1) is 0 Å². The number of benzene rings is 1. The predicted molar refractivity (Wildman–Crippen MR) is 95.1 cm³/mol. The Kier molecular flexibility index (Phi) is 5.08. The van der Waals surface area contributed by atoms with Crippen LogP contribution in [0.4, 0.5) is 4.79 Å². The van der Waals surface area contributed by atoms with Crippen molar-refractivity contribution < 1.29 is 14.1 Å². The minimum absolute atomic E-state index is 0.103. The topological polar surface area (TPSA) is 80.5 Å². The van der Waals surface area contributed by atoms with Crippen LogP contribution in [0.15, 0.2) is 28.8 Å². The lowest BCUT2D eigenvalue weighted by Crippen LogP contribution is -2.47. The van der Waals surface area contributed by atoms with E-state index in [1.54, 1.807) is 4.90 Å². The Morgan fingerprint density at radius 3 is 2.88 bits per heavy atom. The first-order valence-corrected chi connectivity index (χ1v) is 9.29. The highest BCUT2D eigenvalue weighted by Crippen LogP contribution is 2.38. The van der Waals surface area contributed by atoms with Crippen LogP contribution < -0.4 is 5.32 Å². The minimum atomic E-state index is -0.135. The number of morpholine rings is 1. The molecule has 2 fully saturated rings. The fourth-order valence-corrected chi connectivity index (χ4v) is 3.10. The van der Waals surface area contributed by atoms with Crippen molar-refractivity contribution in [3.63, 3.8) is 0 Å². The van der Waals surface area contributed by atoms with Crippen LogP contribution in [0.3, 0.4) is 0 Å². The number of hydrogen-bond donors (Lipinski definition) is 1. The second kappa shape index (κ2) is 7.63. The van der Waals surface area contributed by atoms with Gasteiger partial charge >= 0.3 is 6.03 Å². The van der Waals surface area contributed by atoms with Gasteiger partial charge in [-0.25, -0.2) is 4.79 Å². The highest BCUT2D eigenvalue weighted by atomic mass is 35.5. The summed E-state index contributed by atoms with van der Waals surface area (Å²) in [5.41, 5.74) is 1.02. The molecule has 4 rings (SSSR count). The molecule has 0 bridgehead atoms. The van der Waals surface area contributed by atoms with E-state index in [9.17, 15) is 4.79 Å². The molecule has 0 spiro atoms. The highest BCUT2D eigenvalue weighted by Gasteiger charge is 2.29. The summed E-state index contributed by atoms with van der Waals surface area (Å²) >= 11 is 5.93. The minimum Gasteiger partial charge on any atom is -0.370 e. The molecule has 1 aliphatic carbocycles. The first kappa shape index (κ1) is 17.3. The number of amides is 2. The lowest BCUT2D eigenvalue weighted by atomic mass is 10.1. The summed E-state index contributed by atoms with van der Waals surface area (Å²) in [7, 11) is 0. The van der Waals surface area contributed by atoms with Crippen molar-refractivity contribution in [2.45, 2.75) is 31.3 Å². The first-order chi connectivity index (χ1) is 12.7. The van der Waals surface area contributed by atoms with Gasteiger partial charge in [-0.15, -0.1) is 0 Å². The Morgan fingerprint density at radius 2 is 2.12 bits per heavy atom. The van der Waals surface area contributed by atoms with Crippen LogP contribution in [0.5, 0.6) is 0 Å². The zero-order valence-corrected chi connectivity index (χ0v) is 15.1. The van der Waals surface area contributed by atoms with E-state index in [1.165, 1.54) is 0 Å². The summed E-state index contributed by atoms with van der Waals surface area (Å²) in [6.45, 7) is 2.06. The second-order valence-electron chi connectivity index (χ2n) is 6.66. The second-order valence-corrected chi connectivity index (χ2v) is 7.10. The van der Waals surface area contributed by atoms with Crippen LogP contribution in [-0.4, -0.2) is 47.3 Å². The molecule has 8 heteroatoms. The van der Waals surface area contributed by atoms with Gasteiger partial charge in [0.1, 0.15) is 6.10 Å². The Labute approximate surface area is 156 Å². The van der Waals surface area contributed by atoms with Crippen molar-refractivity contribution in [1.82, 2.24) is 20.4 Å². The molecular formula is C18H21ClN4O3. The average Bonchev–Trinajstić information content (AvgIpc) is 3.41. The zero-order chi connectivity index (χ0) is 17.9. The van der Waals surface area contributed by atoms with Gasteiger partial charge in [-0.2, -0.15) is 4.98 Å². The summed E-state index contributed by atoms with van der Waals surface area (Å²) in [6.07, 6.45) is 2.68. The van der Waals surface area contributed by atoms with Crippen molar-refractivity contribution in [1.29, 1.82) is 0 Å². The molecule has 2 aliphatic rings. The number of carbonyl (C=O) groups excluding carboxylic acids is 1. The first-order valence-electron chi connectivity index (χ1n) is 8.91. The molecule has 1 atom stereocenters. The average molecular weight is 377 g/mol. The van der Waals surface area contributed by atoms with Gasteiger partial charge in [0.15, 0.2) is 5.82 Å². The molecule has 2 amide bonds. The maximum absolute atomic E-state index is 12.4. The Morgan fingerprint density at radius 1 is 1.31 bits per heavy atom. The van der Waals surface area contributed by atoms with E-state index in [2.05, 4.69) is 15.5 Å². The van der Waals surface area contributed by atoms with E-state index in [-0.39, 0.29) is 12.1 Å². The molecule has 1 aromatic carbocycles. The molecular weight excluding hydrogens is 356 g/mol. The molecule has 0 radical (unpaired) electrons. The summed E-state index contributed by atoms with van der Waals surface area (Å²) in [4.78, 5) is 18.6. The van der Waals surface area contributed by atoms with Crippen molar-refractivity contribution in [3.05, 3.63) is 46.6 Å². The number of ether oxygens (including phenoxy) is 1. The van der Waals surface area contributed by atoms with Crippen LogP contribution in [0.25, 0.3) is 0 Å². The number of nitrogens with one attached hydrogen (secondary N) is 1. The third-order valence-corrected chi connectivity index (χ3v) is 4.89. The maximum atomic E-state index is 12.4. The Hall–Kier alpha value is -2.12. The molecule has 7 nitrogen and oxygen atoms in total. The predicted octanol–water partition coefficient (Wildman–Crippen LogP) is 2.93. The SMILES string of the molecule is O=C(NCCc1nc(C2CC2)no1)N1CCOC(c2ccc(Cl)cc2)C1. The van der Waals surface area contributed by atoms with Crippen LogP contribution in [-0.2, 0) is 11.2 Å². The van der Waals surface area contributed by atoms with E-state index in [4.69, 9.17) is 20.9 Å². The van der Waals surface area contributed by atoms with Gasteiger partial charge in [0.25, 0.3) is 0 Å². The summed E-state index contributed by atoms with van der Waals surface area (Å²) < 4.78 is 11.0. The number of hydrogen-bond acceptors (Lipinski definition) is 5. The number of rotatable bonds is 5. The molecule has 1 aromatic heterocycles. The van der Waals surface area contributed by atoms with Crippen LogP contribution >= 0.6 is 11.6 Å². The van der Waals surface area contributed by atoms with Crippen LogP contribution in [0.1, 0.15) is 42.1 Å². The fourth-order valence-electron chi connectivity index (χ4n) is 2.98. The van der Waals surface area contributed by atoms with Crippen LogP contribution in [0.2, 0.25) is 5.02 Å². The summed E-state index contributed by atoms with van der Waals surface area (Å²) in [5.74, 6) is 1.85. The quantitative estimate of drug-likeness (QED) is 0.867. The van der Waals surface area contributed by atoms with E-state index in [0.29, 0.717) is 49.5 Å². The zero-order valence-electron chi connectivity index (χ0n) is 14.4. The van der Waals surface area contributed by atoms with E-state index in [1.807, 2.05) is 24.3 Å². The molecule has 2 aromatic rings. The standard InChI is InChI=1S/C18H21ClN4O3/c19-14-5-3-12(4-6-14)15-11-23(9-10-25-15)18(24)20-8-7-16-21-17(22-26-16)13-1-2-13/h3-6,13,15H,1-2,7-11H2,(H,20,24). The molecule has 1 N–H and O–H groups in total. The number of nitrogens with zero attached hydrogens (tertiary/aromatic N) is 3. The summed E-state index contributed by atoms with van der Waals surface area (Å²) in [6, 6.07) is 7.43. The molecule has 138 valence electrons. The number of urea groups is 1. The smallest absolute Gasteiger partial charge is 0.317 e. The third kappa shape index (κ3) is 4.16. The monoisotopic (exact) mass is 376 g/mol. The lowest BCUT2D eigenvalue weighted by molar-refractivity contribution is -0.0154. The van der Waals surface area contributed by atoms with Gasteiger partial charge in [-0.3, -0.25) is 0 Å². The van der Waals surface area contributed by atoms with Crippen molar-refractivity contribution in [2.24, 2.45) is 0 Å². The van der Waals surface area contributed by atoms with Gasteiger partial charge < -0.3 is 19.5 Å². The van der Waals surface area contributed by atoms with Gasteiger partial charge in [0, 0.05) is 30.5 Å². The molecule has 1 aliphatic heterocycles. The third-order valence-electron chi connectivity index (χ3n) is 4.64. The molecule has 1 saturated heterocycles. The highest BCUT2D eigenvalue weighted by molar-refractivity contribution is 6.30. The van der Waals surface area contributed by atoms with Crippen molar-refractivity contribution >= 4 is 17.6 Å².